The summed E-state index contributed by atoms with van der Waals surface area (Å²) in [7, 11) is -2.44. The van der Waals surface area contributed by atoms with Crippen LogP contribution in [0.1, 0.15) is 44.4 Å². The SMILES string of the molecule is CCc1ccc(CNC(=O)CN(C)S(=O)(=O)c2ccc3c(c2)nnn3[C@@H](C)CC)cc1. The Morgan fingerprint density at radius 1 is 1.13 bits per heavy atom. The van der Waals surface area contributed by atoms with Gasteiger partial charge in [-0.15, -0.1) is 5.10 Å². The third kappa shape index (κ3) is 5.11. The second-order valence-electron chi connectivity index (χ2n) is 7.65. The van der Waals surface area contributed by atoms with Crippen molar-refractivity contribution in [3.05, 3.63) is 53.6 Å². The fourth-order valence-electron chi connectivity index (χ4n) is 3.20. The summed E-state index contributed by atoms with van der Waals surface area (Å²) in [6, 6.07) is 12.9. The third-order valence-electron chi connectivity index (χ3n) is 5.45. The zero-order valence-electron chi connectivity index (χ0n) is 18.4. The van der Waals surface area contributed by atoms with E-state index in [1.54, 1.807) is 10.7 Å². The summed E-state index contributed by atoms with van der Waals surface area (Å²) in [5, 5.41) is 11.0. The van der Waals surface area contributed by atoms with E-state index in [1.165, 1.54) is 24.7 Å². The number of amides is 1. The lowest BCUT2D eigenvalue weighted by molar-refractivity contribution is -0.121. The lowest BCUT2D eigenvalue weighted by Crippen LogP contribution is -2.38. The number of benzene rings is 2. The van der Waals surface area contributed by atoms with Crippen LogP contribution in [0.15, 0.2) is 47.4 Å². The molecule has 2 aromatic carbocycles. The van der Waals surface area contributed by atoms with Crippen molar-refractivity contribution < 1.29 is 13.2 Å². The van der Waals surface area contributed by atoms with Gasteiger partial charge in [-0.1, -0.05) is 43.3 Å². The van der Waals surface area contributed by atoms with E-state index in [1.807, 2.05) is 31.2 Å². The average molecular weight is 444 g/mol. The molecule has 1 amide bonds. The molecule has 1 aromatic heterocycles. The molecular formula is C22H29N5O3S. The molecule has 0 unspecified atom stereocenters. The minimum atomic E-state index is -3.84. The van der Waals surface area contributed by atoms with Crippen molar-refractivity contribution in [2.75, 3.05) is 13.6 Å². The van der Waals surface area contributed by atoms with Crippen molar-refractivity contribution in [1.82, 2.24) is 24.6 Å². The molecule has 0 saturated carbocycles. The van der Waals surface area contributed by atoms with Gasteiger partial charge in [-0.3, -0.25) is 4.79 Å². The van der Waals surface area contributed by atoms with E-state index in [2.05, 4.69) is 29.5 Å². The summed E-state index contributed by atoms with van der Waals surface area (Å²) in [5.74, 6) is -0.366. The van der Waals surface area contributed by atoms with Crippen molar-refractivity contribution in [2.45, 2.75) is 51.1 Å². The quantitative estimate of drug-likeness (QED) is 0.548. The van der Waals surface area contributed by atoms with Gasteiger partial charge in [0.25, 0.3) is 0 Å². The highest BCUT2D eigenvalue weighted by Crippen LogP contribution is 2.22. The van der Waals surface area contributed by atoms with Gasteiger partial charge in [0.1, 0.15) is 5.52 Å². The van der Waals surface area contributed by atoms with E-state index in [4.69, 9.17) is 0 Å². The first-order valence-electron chi connectivity index (χ1n) is 10.4. The van der Waals surface area contributed by atoms with Crippen molar-refractivity contribution in [3.8, 4) is 0 Å². The molecular weight excluding hydrogens is 414 g/mol. The van der Waals surface area contributed by atoms with Crippen LogP contribution in [-0.4, -0.2) is 47.2 Å². The number of sulfonamides is 1. The summed E-state index contributed by atoms with van der Waals surface area (Å²) >= 11 is 0. The van der Waals surface area contributed by atoms with Crippen molar-refractivity contribution in [2.24, 2.45) is 0 Å². The number of rotatable bonds is 9. The molecule has 0 fully saturated rings. The Bertz CT molecular complexity index is 1160. The van der Waals surface area contributed by atoms with Gasteiger partial charge < -0.3 is 5.32 Å². The Labute approximate surface area is 183 Å². The molecule has 0 aliphatic carbocycles. The number of likely N-dealkylation sites (N-methyl/N-ethyl adjacent to an activating group) is 1. The number of aryl methyl sites for hydroxylation is 1. The molecule has 0 bridgehead atoms. The highest BCUT2D eigenvalue weighted by molar-refractivity contribution is 7.89. The molecule has 0 spiro atoms. The second-order valence-corrected chi connectivity index (χ2v) is 9.69. The number of nitrogens with one attached hydrogen (secondary N) is 1. The molecule has 1 N–H and O–H groups in total. The van der Waals surface area contributed by atoms with Gasteiger partial charge in [0.2, 0.25) is 15.9 Å². The number of carbonyl (C=O) groups excluding carboxylic acids is 1. The Morgan fingerprint density at radius 2 is 1.81 bits per heavy atom. The van der Waals surface area contributed by atoms with Crippen LogP contribution in [0.5, 0.6) is 0 Å². The standard InChI is InChI=1S/C22H29N5O3S/c1-5-16(3)27-21-12-11-19(13-20(21)24-25-27)31(29,30)26(4)15-22(28)23-14-18-9-7-17(6-2)8-10-18/h7-13,16H,5-6,14-15H2,1-4H3,(H,23,28)/t16-/m0/s1. The molecule has 8 nitrogen and oxygen atoms in total. The molecule has 0 radical (unpaired) electrons. The van der Waals surface area contributed by atoms with E-state index in [0.717, 1.165) is 28.2 Å². The molecule has 1 heterocycles. The van der Waals surface area contributed by atoms with Crippen LogP contribution in [0, 0.1) is 0 Å². The zero-order chi connectivity index (χ0) is 22.6. The molecule has 3 rings (SSSR count). The van der Waals surface area contributed by atoms with Crippen LogP contribution >= 0.6 is 0 Å². The molecule has 9 heteroatoms. The van der Waals surface area contributed by atoms with Gasteiger partial charge >= 0.3 is 0 Å². The van der Waals surface area contributed by atoms with E-state index in [9.17, 15) is 13.2 Å². The van der Waals surface area contributed by atoms with Crippen LogP contribution in [-0.2, 0) is 27.8 Å². The predicted octanol–water partition coefficient (Wildman–Crippen LogP) is 2.90. The van der Waals surface area contributed by atoms with Crippen LogP contribution in [0.4, 0.5) is 0 Å². The second kappa shape index (κ2) is 9.57. The maximum atomic E-state index is 12.9. The highest BCUT2D eigenvalue weighted by atomic mass is 32.2. The van der Waals surface area contributed by atoms with E-state index >= 15 is 0 Å². The third-order valence-corrected chi connectivity index (χ3v) is 7.25. The van der Waals surface area contributed by atoms with Crippen molar-refractivity contribution in [3.63, 3.8) is 0 Å². The minimum absolute atomic E-state index is 0.0849. The summed E-state index contributed by atoms with van der Waals surface area (Å²) in [5.41, 5.74) is 3.48. The molecule has 1 atom stereocenters. The number of fused-ring (bicyclic) bond motifs is 1. The van der Waals surface area contributed by atoms with Crippen molar-refractivity contribution in [1.29, 1.82) is 0 Å². The van der Waals surface area contributed by atoms with E-state index in [0.29, 0.717) is 12.1 Å². The average Bonchev–Trinajstić information content (AvgIpc) is 3.20. The fourth-order valence-corrected chi connectivity index (χ4v) is 4.34. The number of carbonyl (C=O) groups is 1. The van der Waals surface area contributed by atoms with Gasteiger partial charge in [-0.2, -0.15) is 4.31 Å². The summed E-state index contributed by atoms with van der Waals surface area (Å²) in [4.78, 5) is 12.4. The lowest BCUT2D eigenvalue weighted by atomic mass is 10.1. The first kappa shape index (κ1) is 22.9. The monoisotopic (exact) mass is 443 g/mol. The van der Waals surface area contributed by atoms with Crippen LogP contribution in [0.25, 0.3) is 11.0 Å². The largest absolute Gasteiger partial charge is 0.351 e. The maximum Gasteiger partial charge on any atom is 0.243 e. The number of nitrogens with zero attached hydrogens (tertiary/aromatic N) is 4. The fraction of sp³-hybridized carbons (Fsp3) is 0.409. The topological polar surface area (TPSA) is 97.2 Å². The zero-order valence-corrected chi connectivity index (χ0v) is 19.2. The van der Waals surface area contributed by atoms with Crippen LogP contribution < -0.4 is 5.32 Å². The normalized spacial score (nSPS) is 12.9. The molecule has 31 heavy (non-hydrogen) atoms. The van der Waals surface area contributed by atoms with Gasteiger partial charge in [-0.25, -0.2) is 13.1 Å². The number of hydrogen-bond acceptors (Lipinski definition) is 5. The Hall–Kier alpha value is -2.78. The van der Waals surface area contributed by atoms with Crippen molar-refractivity contribution >= 4 is 27.0 Å². The first-order chi connectivity index (χ1) is 14.8. The maximum absolute atomic E-state index is 12.9. The van der Waals surface area contributed by atoms with Gasteiger partial charge in [-0.05, 0) is 49.1 Å². The molecule has 0 aliphatic rings. The summed E-state index contributed by atoms with van der Waals surface area (Å²) in [6.07, 6.45) is 1.84. The van der Waals surface area contributed by atoms with Crippen LogP contribution in [0.3, 0.4) is 0 Å². The Morgan fingerprint density at radius 3 is 2.45 bits per heavy atom. The van der Waals surface area contributed by atoms with Gasteiger partial charge in [0.05, 0.1) is 23.0 Å². The summed E-state index contributed by atoms with van der Waals surface area (Å²) in [6.45, 7) is 6.24. The first-order valence-corrected chi connectivity index (χ1v) is 11.9. The Balaban J connectivity index is 1.67. The number of hydrogen-bond donors (Lipinski definition) is 1. The van der Waals surface area contributed by atoms with Crippen LogP contribution in [0.2, 0.25) is 0 Å². The summed E-state index contributed by atoms with van der Waals surface area (Å²) < 4.78 is 28.7. The minimum Gasteiger partial charge on any atom is -0.351 e. The molecule has 3 aromatic rings. The molecule has 0 saturated heterocycles. The van der Waals surface area contributed by atoms with E-state index < -0.39 is 10.0 Å². The van der Waals surface area contributed by atoms with Gasteiger partial charge in [0, 0.05) is 13.6 Å². The highest BCUT2D eigenvalue weighted by Gasteiger charge is 2.24. The number of aromatic nitrogens is 3. The molecule has 166 valence electrons. The predicted molar refractivity (Wildman–Crippen MR) is 120 cm³/mol. The smallest absolute Gasteiger partial charge is 0.243 e. The lowest BCUT2D eigenvalue weighted by Gasteiger charge is -2.17. The van der Waals surface area contributed by atoms with Gasteiger partial charge in [0.15, 0.2) is 0 Å². The van der Waals surface area contributed by atoms with E-state index in [-0.39, 0.29) is 23.4 Å². The Kier molecular flexibility index (Phi) is 7.07. The molecule has 0 aliphatic heterocycles.